The molecular weight excluding hydrogens is 435 g/mol. The molecule has 1 aromatic carbocycles. The Morgan fingerprint density at radius 1 is 1.17 bits per heavy atom. The van der Waals surface area contributed by atoms with Gasteiger partial charge in [-0.25, -0.2) is 14.2 Å². The van der Waals surface area contributed by atoms with Gasteiger partial charge in [0.2, 0.25) is 0 Å². The first-order valence-electron chi connectivity index (χ1n) is 6.57. The van der Waals surface area contributed by atoms with Crippen LogP contribution in [0.1, 0.15) is 5.56 Å². The molecule has 0 saturated heterocycles. The molecule has 0 aliphatic heterocycles. The second-order valence-corrected chi connectivity index (χ2v) is 6.71. The maximum Gasteiger partial charge on any atom is 0.332 e. The second-order valence-electron chi connectivity index (χ2n) is 5.08. The van der Waals surface area contributed by atoms with Gasteiger partial charge in [-0.2, -0.15) is 0 Å². The zero-order valence-electron chi connectivity index (χ0n) is 12.2. The van der Waals surface area contributed by atoms with Crippen molar-refractivity contribution >= 4 is 43.0 Å². The van der Waals surface area contributed by atoms with E-state index in [1.807, 2.05) is 0 Å². The number of rotatable bonds is 2. The Bertz CT molecular complexity index is 1050. The Morgan fingerprint density at radius 2 is 1.87 bits per heavy atom. The van der Waals surface area contributed by atoms with Crippen molar-refractivity contribution in [1.82, 2.24) is 18.7 Å². The van der Waals surface area contributed by atoms with Crippen LogP contribution < -0.4 is 11.2 Å². The molecule has 0 atom stereocenters. The number of hydrogen-bond acceptors (Lipinski definition) is 3. The van der Waals surface area contributed by atoms with Gasteiger partial charge in [-0.15, -0.1) is 0 Å². The van der Waals surface area contributed by atoms with E-state index < -0.39 is 11.2 Å². The molecule has 2 heterocycles. The Balaban J connectivity index is 2.28. The van der Waals surface area contributed by atoms with E-state index in [-0.39, 0.29) is 17.9 Å². The van der Waals surface area contributed by atoms with Crippen molar-refractivity contribution in [3.63, 3.8) is 0 Å². The lowest BCUT2D eigenvalue weighted by atomic mass is 10.2. The summed E-state index contributed by atoms with van der Waals surface area (Å²) in [5, 5.41) is 0. The van der Waals surface area contributed by atoms with Crippen LogP contribution >= 0.6 is 31.9 Å². The molecule has 0 amide bonds. The SMILES string of the molecule is Cn1c(=O)c2nc(Br)n(Cc3ccc(Br)cc3F)c2n(C)c1=O. The highest BCUT2D eigenvalue weighted by Crippen LogP contribution is 2.21. The minimum atomic E-state index is -0.487. The number of halogens is 3. The molecule has 120 valence electrons. The summed E-state index contributed by atoms with van der Waals surface area (Å²) in [6.07, 6.45) is 0. The lowest BCUT2D eigenvalue weighted by Gasteiger charge is -2.10. The molecule has 0 spiro atoms. The third kappa shape index (κ3) is 2.57. The topological polar surface area (TPSA) is 61.8 Å². The molecule has 0 fully saturated rings. The molecule has 9 heteroatoms. The van der Waals surface area contributed by atoms with Crippen LogP contribution in [0.2, 0.25) is 0 Å². The predicted octanol–water partition coefficient (Wildman–Crippen LogP) is 2.15. The molecule has 3 rings (SSSR count). The molecule has 23 heavy (non-hydrogen) atoms. The Morgan fingerprint density at radius 3 is 2.52 bits per heavy atom. The first-order chi connectivity index (χ1) is 10.8. The molecular formula is C14H11Br2FN4O2. The van der Waals surface area contributed by atoms with Crippen LogP contribution in [0.25, 0.3) is 11.2 Å². The lowest BCUT2D eigenvalue weighted by Crippen LogP contribution is -2.37. The first kappa shape index (κ1) is 16.1. The smallest absolute Gasteiger partial charge is 0.300 e. The van der Waals surface area contributed by atoms with Crippen LogP contribution in [0.5, 0.6) is 0 Å². The van der Waals surface area contributed by atoms with Crippen molar-refractivity contribution in [3.8, 4) is 0 Å². The van der Waals surface area contributed by atoms with Gasteiger partial charge in [0, 0.05) is 24.1 Å². The van der Waals surface area contributed by atoms with E-state index in [1.54, 1.807) is 23.7 Å². The van der Waals surface area contributed by atoms with Gasteiger partial charge in [0.05, 0.1) is 6.54 Å². The zero-order valence-corrected chi connectivity index (χ0v) is 15.4. The third-order valence-corrected chi connectivity index (χ3v) is 4.74. The molecule has 6 nitrogen and oxygen atoms in total. The van der Waals surface area contributed by atoms with Crippen molar-refractivity contribution in [2.45, 2.75) is 6.54 Å². The minimum absolute atomic E-state index is 0.136. The number of hydrogen-bond donors (Lipinski definition) is 0. The molecule has 0 N–H and O–H groups in total. The van der Waals surface area contributed by atoms with Gasteiger partial charge in [0.25, 0.3) is 5.56 Å². The van der Waals surface area contributed by atoms with Crippen molar-refractivity contribution in [1.29, 1.82) is 0 Å². The summed E-state index contributed by atoms with van der Waals surface area (Å²) in [4.78, 5) is 28.5. The first-order valence-corrected chi connectivity index (χ1v) is 8.15. The van der Waals surface area contributed by atoms with E-state index in [0.29, 0.717) is 20.4 Å². The zero-order chi connectivity index (χ0) is 16.9. The van der Waals surface area contributed by atoms with Crippen LogP contribution in [0.4, 0.5) is 4.39 Å². The molecule has 3 aromatic rings. The second kappa shape index (κ2) is 5.72. The van der Waals surface area contributed by atoms with Gasteiger partial charge in [0.15, 0.2) is 15.9 Å². The molecule has 0 aliphatic carbocycles. The fraction of sp³-hybridized carbons (Fsp3) is 0.214. The summed E-state index contributed by atoms with van der Waals surface area (Å²) in [7, 11) is 2.94. The average Bonchev–Trinajstić information content (AvgIpc) is 2.83. The molecule has 2 aromatic heterocycles. The average molecular weight is 446 g/mol. The summed E-state index contributed by atoms with van der Waals surface area (Å²) in [5.41, 5.74) is -0.0427. The fourth-order valence-corrected chi connectivity index (χ4v) is 3.23. The van der Waals surface area contributed by atoms with Crippen molar-refractivity contribution in [3.05, 3.63) is 59.6 Å². The molecule has 0 aliphatic rings. The molecule has 0 unspecified atom stereocenters. The van der Waals surface area contributed by atoms with E-state index in [1.165, 1.54) is 17.7 Å². The maximum atomic E-state index is 14.1. The summed E-state index contributed by atoms with van der Waals surface area (Å²) >= 11 is 6.49. The largest absolute Gasteiger partial charge is 0.332 e. The van der Waals surface area contributed by atoms with Crippen LogP contribution in [-0.2, 0) is 20.6 Å². The maximum absolute atomic E-state index is 14.1. The van der Waals surface area contributed by atoms with Gasteiger partial charge in [-0.05, 0) is 28.1 Å². The van der Waals surface area contributed by atoms with Gasteiger partial charge in [-0.3, -0.25) is 18.5 Å². The highest BCUT2D eigenvalue weighted by atomic mass is 79.9. The highest BCUT2D eigenvalue weighted by Gasteiger charge is 2.18. The van der Waals surface area contributed by atoms with Crippen molar-refractivity contribution in [2.24, 2.45) is 14.1 Å². The monoisotopic (exact) mass is 444 g/mol. The van der Waals surface area contributed by atoms with Gasteiger partial charge in [-0.1, -0.05) is 22.0 Å². The summed E-state index contributed by atoms with van der Waals surface area (Å²) in [5.74, 6) is -0.387. The number of imidazole rings is 1. The Hall–Kier alpha value is -1.74. The number of aromatic nitrogens is 4. The molecule has 0 radical (unpaired) electrons. The van der Waals surface area contributed by atoms with Gasteiger partial charge >= 0.3 is 5.69 Å². The van der Waals surface area contributed by atoms with Crippen LogP contribution in [0.3, 0.4) is 0 Å². The Kier molecular flexibility index (Phi) is 4.01. The van der Waals surface area contributed by atoms with Crippen LogP contribution in [-0.4, -0.2) is 18.7 Å². The number of nitrogens with zero attached hydrogens (tertiary/aromatic N) is 4. The van der Waals surface area contributed by atoms with E-state index in [4.69, 9.17) is 0 Å². The van der Waals surface area contributed by atoms with Gasteiger partial charge < -0.3 is 0 Å². The quantitative estimate of drug-likeness (QED) is 0.568. The predicted molar refractivity (Wildman–Crippen MR) is 91.1 cm³/mol. The van der Waals surface area contributed by atoms with Crippen molar-refractivity contribution < 1.29 is 4.39 Å². The van der Waals surface area contributed by atoms with Crippen LogP contribution in [0.15, 0.2) is 37.0 Å². The van der Waals surface area contributed by atoms with Gasteiger partial charge in [0.1, 0.15) is 5.82 Å². The number of fused-ring (bicyclic) bond motifs is 1. The molecule has 0 bridgehead atoms. The van der Waals surface area contributed by atoms with E-state index >= 15 is 0 Å². The Labute approximate surface area is 146 Å². The summed E-state index contributed by atoms with van der Waals surface area (Å²) in [6, 6.07) is 4.72. The van der Waals surface area contributed by atoms with E-state index in [2.05, 4.69) is 36.8 Å². The van der Waals surface area contributed by atoms with Crippen molar-refractivity contribution in [2.75, 3.05) is 0 Å². The lowest BCUT2D eigenvalue weighted by molar-refractivity contribution is 0.596. The normalized spacial score (nSPS) is 11.3. The summed E-state index contributed by atoms with van der Waals surface area (Å²) in [6.45, 7) is 0.136. The third-order valence-electron chi connectivity index (χ3n) is 3.64. The fourth-order valence-electron chi connectivity index (χ4n) is 2.42. The van der Waals surface area contributed by atoms with E-state index in [9.17, 15) is 14.0 Å². The van der Waals surface area contributed by atoms with E-state index in [0.717, 1.165) is 4.57 Å². The minimum Gasteiger partial charge on any atom is -0.300 e. The number of benzene rings is 1. The van der Waals surface area contributed by atoms with Crippen LogP contribution in [0, 0.1) is 5.82 Å². The highest BCUT2D eigenvalue weighted by molar-refractivity contribution is 9.10. The standard InChI is InChI=1S/C14H11Br2FN4O2/c1-19-11-10(12(22)20(2)14(19)23)18-13(16)21(11)6-7-3-4-8(15)5-9(7)17/h3-5H,6H2,1-2H3. The molecule has 0 saturated carbocycles. The number of aryl methyl sites for hydroxylation is 1. The summed E-state index contributed by atoms with van der Waals surface area (Å²) < 4.78 is 19.0.